The Morgan fingerprint density at radius 3 is 2.43 bits per heavy atom. The Morgan fingerprint density at radius 1 is 0.900 bits per heavy atom. The minimum atomic E-state index is -0.169. The molecular weight excluding hydrogens is 367 g/mol. The molecule has 2 fully saturated rings. The van der Waals surface area contributed by atoms with Crippen molar-refractivity contribution in [3.63, 3.8) is 0 Å². The zero-order valence-corrected chi connectivity index (χ0v) is 18.6. The molecule has 0 nitrogen and oxygen atoms in total. The molecule has 2 aliphatic carbocycles. The van der Waals surface area contributed by atoms with Crippen LogP contribution in [0, 0.1) is 42.3 Å². The lowest BCUT2D eigenvalue weighted by Crippen LogP contribution is -2.30. The van der Waals surface area contributed by atoms with Crippen LogP contribution in [0.2, 0.25) is 0 Å². The fourth-order valence-corrected chi connectivity index (χ4v) is 5.71. The van der Waals surface area contributed by atoms with Gasteiger partial charge in [0.05, 0.1) is 5.56 Å². The first kappa shape index (κ1) is 21.2. The largest absolute Gasteiger partial charge is 0.206 e. The highest BCUT2D eigenvalue weighted by Gasteiger charge is 2.35. The van der Waals surface area contributed by atoms with Crippen molar-refractivity contribution in [2.75, 3.05) is 0 Å². The highest BCUT2D eigenvalue weighted by molar-refractivity contribution is 5.45. The van der Waals surface area contributed by atoms with Crippen LogP contribution in [-0.2, 0) is 0 Å². The van der Waals surface area contributed by atoms with Gasteiger partial charge in [-0.1, -0.05) is 68.2 Å². The molecule has 0 N–H and O–H groups in total. The van der Waals surface area contributed by atoms with Gasteiger partial charge in [0.25, 0.3) is 0 Å². The van der Waals surface area contributed by atoms with Gasteiger partial charge in [-0.2, -0.15) is 0 Å². The third-order valence-corrected chi connectivity index (χ3v) is 7.55. The molecule has 0 spiro atoms. The zero-order chi connectivity index (χ0) is 20.9. The number of unbranched alkanes of at least 4 members (excludes halogenated alkanes) is 1. The van der Waals surface area contributed by atoms with Gasteiger partial charge in [-0.25, -0.2) is 4.39 Å². The molecule has 0 aromatic heterocycles. The number of fused-ring (bicyclic) bond motifs is 1. The molecule has 4 atom stereocenters. The highest BCUT2D eigenvalue weighted by Crippen LogP contribution is 2.48. The Hall–Kier alpha value is -2.07. The molecule has 4 rings (SSSR count). The standard InChI is InChI=1S/C29H35F/c1-3-4-5-23-11-13-26-19-27(17-16-25(26)18-23)28-15-14-24(29(30)20-28)12-10-22-8-6-21(2)7-9-22/h6-9,14-15,20,23,25-27H,3-5,11,13,16-19H2,1-2H3. The van der Waals surface area contributed by atoms with E-state index in [9.17, 15) is 4.39 Å². The van der Waals surface area contributed by atoms with Gasteiger partial charge in [-0.3, -0.25) is 0 Å². The summed E-state index contributed by atoms with van der Waals surface area (Å²) in [5.74, 6) is 9.20. The van der Waals surface area contributed by atoms with Crippen LogP contribution in [0.25, 0.3) is 0 Å². The van der Waals surface area contributed by atoms with E-state index in [0.717, 1.165) is 23.3 Å². The lowest BCUT2D eigenvalue weighted by molar-refractivity contribution is 0.113. The van der Waals surface area contributed by atoms with Crippen molar-refractivity contribution in [1.82, 2.24) is 0 Å². The van der Waals surface area contributed by atoms with Crippen molar-refractivity contribution in [2.24, 2.45) is 17.8 Å². The SMILES string of the molecule is CCCCC1CCC2CC(c3ccc(C#Cc4ccc(C)cc4)c(F)c3)CCC2C1. The Bertz CT molecular complexity index is 898. The summed E-state index contributed by atoms with van der Waals surface area (Å²) in [5, 5.41) is 0. The van der Waals surface area contributed by atoms with Crippen molar-refractivity contribution in [3.8, 4) is 11.8 Å². The average Bonchev–Trinajstić information content (AvgIpc) is 2.77. The van der Waals surface area contributed by atoms with Crippen molar-refractivity contribution in [2.45, 2.75) is 77.6 Å². The second-order valence-electron chi connectivity index (χ2n) is 9.71. The highest BCUT2D eigenvalue weighted by atomic mass is 19.1. The van der Waals surface area contributed by atoms with Crippen LogP contribution in [-0.4, -0.2) is 0 Å². The van der Waals surface area contributed by atoms with Gasteiger partial charge >= 0.3 is 0 Å². The van der Waals surface area contributed by atoms with Gasteiger partial charge in [0.15, 0.2) is 0 Å². The maximum atomic E-state index is 14.8. The van der Waals surface area contributed by atoms with E-state index in [1.165, 1.54) is 68.9 Å². The van der Waals surface area contributed by atoms with Gasteiger partial charge in [-0.15, -0.1) is 0 Å². The zero-order valence-electron chi connectivity index (χ0n) is 18.6. The topological polar surface area (TPSA) is 0 Å². The van der Waals surface area contributed by atoms with Gasteiger partial charge in [-0.05, 0) is 92.5 Å². The molecule has 0 amide bonds. The van der Waals surface area contributed by atoms with Gasteiger partial charge < -0.3 is 0 Å². The Morgan fingerprint density at radius 2 is 1.67 bits per heavy atom. The van der Waals surface area contributed by atoms with Gasteiger partial charge in [0.1, 0.15) is 5.82 Å². The van der Waals surface area contributed by atoms with Gasteiger partial charge in [0.2, 0.25) is 0 Å². The second-order valence-corrected chi connectivity index (χ2v) is 9.71. The molecule has 4 unspecified atom stereocenters. The fourth-order valence-electron chi connectivity index (χ4n) is 5.71. The summed E-state index contributed by atoms with van der Waals surface area (Å²) < 4.78 is 14.8. The molecule has 2 aromatic rings. The lowest BCUT2D eigenvalue weighted by Gasteiger charge is -2.42. The summed E-state index contributed by atoms with van der Waals surface area (Å²) in [6.45, 7) is 4.36. The summed E-state index contributed by atoms with van der Waals surface area (Å²) in [4.78, 5) is 0. The van der Waals surface area contributed by atoms with E-state index in [-0.39, 0.29) is 5.82 Å². The van der Waals surface area contributed by atoms with Crippen LogP contribution >= 0.6 is 0 Å². The quantitative estimate of drug-likeness (QED) is 0.454. The van der Waals surface area contributed by atoms with Crippen LogP contribution in [0.15, 0.2) is 42.5 Å². The third-order valence-electron chi connectivity index (χ3n) is 7.55. The van der Waals surface area contributed by atoms with E-state index in [0.29, 0.717) is 11.5 Å². The first-order chi connectivity index (χ1) is 14.6. The van der Waals surface area contributed by atoms with E-state index in [2.05, 4.69) is 31.8 Å². The summed E-state index contributed by atoms with van der Waals surface area (Å²) in [6, 6.07) is 13.8. The molecule has 0 aliphatic heterocycles. The number of halogens is 1. The molecule has 1 heteroatoms. The Kier molecular flexibility index (Phi) is 6.93. The first-order valence-corrected chi connectivity index (χ1v) is 12.0. The molecule has 2 aliphatic rings. The van der Waals surface area contributed by atoms with E-state index < -0.39 is 0 Å². The third kappa shape index (κ3) is 5.15. The summed E-state index contributed by atoms with van der Waals surface area (Å²) in [5.41, 5.74) is 3.82. The molecule has 2 saturated carbocycles. The van der Waals surface area contributed by atoms with Crippen molar-refractivity contribution >= 4 is 0 Å². The number of hydrogen-bond donors (Lipinski definition) is 0. The Balaban J connectivity index is 1.39. The van der Waals surface area contributed by atoms with Crippen LogP contribution in [0.3, 0.4) is 0 Å². The van der Waals surface area contributed by atoms with Crippen LogP contribution in [0.1, 0.15) is 92.9 Å². The number of aryl methyl sites for hydroxylation is 1. The molecule has 0 saturated heterocycles. The monoisotopic (exact) mass is 402 g/mol. The van der Waals surface area contributed by atoms with Crippen molar-refractivity contribution < 1.29 is 4.39 Å². The maximum absolute atomic E-state index is 14.8. The van der Waals surface area contributed by atoms with Crippen molar-refractivity contribution in [3.05, 3.63) is 70.5 Å². The van der Waals surface area contributed by atoms with E-state index in [4.69, 9.17) is 0 Å². The summed E-state index contributed by atoms with van der Waals surface area (Å²) in [6.07, 6.45) is 12.2. The number of benzene rings is 2. The number of hydrogen-bond acceptors (Lipinski definition) is 0. The average molecular weight is 403 g/mol. The predicted octanol–water partition coefficient (Wildman–Crippen LogP) is 8.02. The van der Waals surface area contributed by atoms with E-state index in [1.807, 2.05) is 30.3 Å². The predicted molar refractivity (Wildman–Crippen MR) is 124 cm³/mol. The normalized spacial score (nSPS) is 25.8. The molecular formula is C29H35F. The summed E-state index contributed by atoms with van der Waals surface area (Å²) in [7, 11) is 0. The molecule has 30 heavy (non-hydrogen) atoms. The second kappa shape index (κ2) is 9.82. The first-order valence-electron chi connectivity index (χ1n) is 12.0. The summed E-state index contributed by atoms with van der Waals surface area (Å²) >= 11 is 0. The molecule has 0 heterocycles. The smallest absolute Gasteiger partial charge is 0.139 e. The van der Waals surface area contributed by atoms with Crippen LogP contribution < -0.4 is 0 Å². The molecule has 0 radical (unpaired) electrons. The van der Waals surface area contributed by atoms with Crippen LogP contribution in [0.4, 0.5) is 4.39 Å². The minimum Gasteiger partial charge on any atom is -0.206 e. The molecule has 2 aromatic carbocycles. The Labute approximate surface area is 182 Å². The van der Waals surface area contributed by atoms with Crippen LogP contribution in [0.5, 0.6) is 0 Å². The molecule has 158 valence electrons. The maximum Gasteiger partial charge on any atom is 0.139 e. The van der Waals surface area contributed by atoms with E-state index >= 15 is 0 Å². The van der Waals surface area contributed by atoms with Crippen molar-refractivity contribution in [1.29, 1.82) is 0 Å². The minimum absolute atomic E-state index is 0.169. The lowest BCUT2D eigenvalue weighted by atomic mass is 9.63. The molecule has 0 bridgehead atoms. The number of rotatable bonds is 4. The van der Waals surface area contributed by atoms with E-state index in [1.54, 1.807) is 6.07 Å². The van der Waals surface area contributed by atoms with Gasteiger partial charge in [0, 0.05) is 5.56 Å². The fraction of sp³-hybridized carbons (Fsp3) is 0.517.